The Hall–Kier alpha value is -1.46. The predicted molar refractivity (Wildman–Crippen MR) is 96.8 cm³/mol. The fraction of sp³-hybridized carbons (Fsp3) is 0.471. The summed E-state index contributed by atoms with van der Waals surface area (Å²) in [5.74, 6) is 1.71. The van der Waals surface area contributed by atoms with Gasteiger partial charge in [-0.2, -0.15) is 14.9 Å². The van der Waals surface area contributed by atoms with Gasteiger partial charge in [-0.25, -0.2) is 0 Å². The van der Waals surface area contributed by atoms with Crippen LogP contribution in [0.15, 0.2) is 29.4 Å². The Morgan fingerprint density at radius 1 is 1.30 bits per heavy atom. The first-order chi connectivity index (χ1) is 11.2. The molecular formula is C17H21ClN4S. The van der Waals surface area contributed by atoms with Crippen LogP contribution in [0.4, 0.5) is 0 Å². The molecule has 1 aliphatic rings. The van der Waals surface area contributed by atoms with Gasteiger partial charge in [0.1, 0.15) is 0 Å². The highest BCUT2D eigenvalue weighted by Crippen LogP contribution is 2.27. The molecule has 3 rings (SSSR count). The lowest BCUT2D eigenvalue weighted by molar-refractivity contribution is 0.336. The molecule has 0 aliphatic heterocycles. The van der Waals surface area contributed by atoms with E-state index in [-0.39, 0.29) is 0 Å². The van der Waals surface area contributed by atoms with E-state index in [4.69, 9.17) is 23.8 Å². The highest BCUT2D eigenvalue weighted by molar-refractivity contribution is 7.71. The maximum atomic E-state index is 6.16. The molecule has 1 N–H and O–H groups in total. The second-order valence-electron chi connectivity index (χ2n) is 6.07. The quantitative estimate of drug-likeness (QED) is 0.611. The van der Waals surface area contributed by atoms with Crippen LogP contribution >= 0.6 is 23.8 Å². The van der Waals surface area contributed by atoms with Crippen molar-refractivity contribution in [1.29, 1.82) is 0 Å². The third-order valence-corrected chi connectivity index (χ3v) is 5.04. The van der Waals surface area contributed by atoms with Crippen LogP contribution in [0.25, 0.3) is 0 Å². The molecule has 0 amide bonds. The van der Waals surface area contributed by atoms with E-state index in [0.717, 1.165) is 30.1 Å². The first-order valence-electron chi connectivity index (χ1n) is 8.19. The van der Waals surface area contributed by atoms with Crippen LogP contribution in [0.5, 0.6) is 0 Å². The molecule has 6 heteroatoms. The second kappa shape index (κ2) is 7.88. The average molecular weight is 349 g/mol. The van der Waals surface area contributed by atoms with Crippen LogP contribution in [-0.2, 0) is 6.42 Å². The molecule has 0 radical (unpaired) electrons. The Balaban J connectivity index is 1.71. The predicted octanol–water partition coefficient (Wildman–Crippen LogP) is 4.99. The molecule has 122 valence electrons. The summed E-state index contributed by atoms with van der Waals surface area (Å²) >= 11 is 11.4. The van der Waals surface area contributed by atoms with Gasteiger partial charge in [0.2, 0.25) is 4.77 Å². The maximum Gasteiger partial charge on any atom is 0.216 e. The van der Waals surface area contributed by atoms with Gasteiger partial charge in [-0.1, -0.05) is 61.9 Å². The highest BCUT2D eigenvalue weighted by Gasteiger charge is 2.15. The molecule has 0 spiro atoms. The topological polar surface area (TPSA) is 46.0 Å². The van der Waals surface area contributed by atoms with Crippen molar-refractivity contribution in [3.05, 3.63) is 45.4 Å². The lowest BCUT2D eigenvalue weighted by atomic mass is 9.86. The van der Waals surface area contributed by atoms with Crippen LogP contribution in [0, 0.1) is 10.7 Å². The molecular weight excluding hydrogens is 328 g/mol. The molecule has 1 saturated carbocycles. The van der Waals surface area contributed by atoms with E-state index in [1.165, 1.54) is 32.1 Å². The first kappa shape index (κ1) is 16.4. The molecule has 1 aromatic heterocycles. The summed E-state index contributed by atoms with van der Waals surface area (Å²) in [5, 5.41) is 12.3. The minimum Gasteiger partial charge on any atom is -0.250 e. The summed E-state index contributed by atoms with van der Waals surface area (Å²) in [6.45, 7) is 0. The third kappa shape index (κ3) is 4.30. The van der Waals surface area contributed by atoms with Gasteiger partial charge in [0.25, 0.3) is 0 Å². The zero-order chi connectivity index (χ0) is 16.1. The lowest BCUT2D eigenvalue weighted by Gasteiger charge is -2.20. The van der Waals surface area contributed by atoms with Crippen molar-refractivity contribution in [2.45, 2.75) is 44.9 Å². The summed E-state index contributed by atoms with van der Waals surface area (Å²) in [7, 11) is 0. The number of nitrogens with zero attached hydrogens (tertiary/aromatic N) is 3. The van der Waals surface area contributed by atoms with Gasteiger partial charge >= 0.3 is 0 Å². The normalized spacial score (nSPS) is 16.2. The summed E-state index contributed by atoms with van der Waals surface area (Å²) in [5.41, 5.74) is 0.871. The summed E-state index contributed by atoms with van der Waals surface area (Å²) in [6.07, 6.45) is 10.6. The van der Waals surface area contributed by atoms with Crippen molar-refractivity contribution >= 4 is 30.0 Å². The van der Waals surface area contributed by atoms with Gasteiger partial charge in [-0.15, -0.1) is 0 Å². The fourth-order valence-electron chi connectivity index (χ4n) is 3.11. The number of aromatic nitrogens is 3. The number of aryl methyl sites for hydroxylation is 1. The van der Waals surface area contributed by atoms with Crippen LogP contribution in [0.1, 0.15) is 49.9 Å². The third-order valence-electron chi connectivity index (χ3n) is 4.44. The number of halogens is 1. The van der Waals surface area contributed by atoms with Gasteiger partial charge in [0.15, 0.2) is 5.82 Å². The molecule has 23 heavy (non-hydrogen) atoms. The summed E-state index contributed by atoms with van der Waals surface area (Å²) in [4.78, 5) is 0. The van der Waals surface area contributed by atoms with E-state index in [9.17, 15) is 0 Å². The van der Waals surface area contributed by atoms with Crippen molar-refractivity contribution in [3.63, 3.8) is 0 Å². The van der Waals surface area contributed by atoms with E-state index >= 15 is 0 Å². The van der Waals surface area contributed by atoms with Crippen LogP contribution in [0.3, 0.4) is 0 Å². The van der Waals surface area contributed by atoms with Gasteiger partial charge < -0.3 is 0 Å². The van der Waals surface area contributed by atoms with Crippen LogP contribution in [-0.4, -0.2) is 21.1 Å². The van der Waals surface area contributed by atoms with Gasteiger partial charge in [-0.3, -0.25) is 5.10 Å². The Labute approximate surface area is 146 Å². The summed E-state index contributed by atoms with van der Waals surface area (Å²) in [6, 6.07) is 7.61. The average Bonchev–Trinajstić information content (AvgIpc) is 2.93. The van der Waals surface area contributed by atoms with Gasteiger partial charge in [0, 0.05) is 17.0 Å². The lowest BCUT2D eigenvalue weighted by Crippen LogP contribution is -2.09. The van der Waals surface area contributed by atoms with Crippen molar-refractivity contribution in [1.82, 2.24) is 14.9 Å². The highest BCUT2D eigenvalue weighted by atomic mass is 35.5. The number of rotatable bonds is 5. The van der Waals surface area contributed by atoms with E-state index in [1.807, 2.05) is 24.3 Å². The minimum atomic E-state index is 0.520. The zero-order valence-electron chi connectivity index (χ0n) is 13.0. The molecule has 0 atom stereocenters. The van der Waals surface area contributed by atoms with E-state index < -0.39 is 0 Å². The van der Waals surface area contributed by atoms with Gasteiger partial charge in [0.05, 0.1) is 6.21 Å². The van der Waals surface area contributed by atoms with Crippen molar-refractivity contribution in [3.8, 4) is 0 Å². The first-order valence-corrected chi connectivity index (χ1v) is 8.98. The van der Waals surface area contributed by atoms with Crippen molar-refractivity contribution < 1.29 is 0 Å². The SMILES string of the molecule is S=c1[nH]nc(CCC2CCCCC2)n1/N=C\c1ccccc1Cl. The van der Waals surface area contributed by atoms with E-state index in [2.05, 4.69) is 15.3 Å². The monoisotopic (exact) mass is 348 g/mol. The Morgan fingerprint density at radius 3 is 2.87 bits per heavy atom. The number of nitrogens with one attached hydrogen (secondary N) is 1. The number of benzene rings is 1. The molecule has 4 nitrogen and oxygen atoms in total. The van der Waals surface area contributed by atoms with Crippen LogP contribution in [0.2, 0.25) is 5.02 Å². The molecule has 1 heterocycles. The Kier molecular flexibility index (Phi) is 5.62. The second-order valence-corrected chi connectivity index (χ2v) is 6.86. The van der Waals surface area contributed by atoms with E-state index in [0.29, 0.717) is 9.79 Å². The molecule has 0 bridgehead atoms. The number of hydrogen-bond donors (Lipinski definition) is 1. The number of hydrogen-bond acceptors (Lipinski definition) is 3. The molecule has 1 aromatic carbocycles. The molecule has 1 fully saturated rings. The smallest absolute Gasteiger partial charge is 0.216 e. The largest absolute Gasteiger partial charge is 0.250 e. The minimum absolute atomic E-state index is 0.520. The van der Waals surface area contributed by atoms with Crippen LogP contribution < -0.4 is 0 Å². The Morgan fingerprint density at radius 2 is 2.09 bits per heavy atom. The van der Waals surface area contributed by atoms with Crippen molar-refractivity contribution in [2.24, 2.45) is 11.0 Å². The van der Waals surface area contributed by atoms with E-state index in [1.54, 1.807) is 10.9 Å². The zero-order valence-corrected chi connectivity index (χ0v) is 14.6. The molecule has 0 saturated heterocycles. The van der Waals surface area contributed by atoms with Gasteiger partial charge in [-0.05, 0) is 30.6 Å². The molecule has 1 aliphatic carbocycles. The molecule has 0 unspecified atom stereocenters. The standard InChI is InChI=1S/C17H21ClN4S/c18-15-9-5-4-8-14(15)12-19-22-16(20-21-17(22)23)11-10-13-6-2-1-3-7-13/h4-5,8-9,12-13H,1-3,6-7,10-11H2,(H,21,23)/b19-12-. The molecule has 2 aromatic rings. The maximum absolute atomic E-state index is 6.16. The number of H-pyrrole nitrogens is 1. The number of aromatic amines is 1. The summed E-state index contributed by atoms with van der Waals surface area (Å²) < 4.78 is 2.23. The Bertz CT molecular complexity index is 728. The van der Waals surface area contributed by atoms with Crippen molar-refractivity contribution in [2.75, 3.05) is 0 Å². The fourth-order valence-corrected chi connectivity index (χ4v) is 3.50.